The topological polar surface area (TPSA) is 92.2 Å². The van der Waals surface area contributed by atoms with Crippen LogP contribution in [-0.4, -0.2) is 42.2 Å². The number of halogens is 1. The first-order valence-corrected chi connectivity index (χ1v) is 14.5. The average Bonchev–Trinajstić information content (AvgIpc) is 3.37. The third-order valence-corrected chi connectivity index (χ3v) is 7.34. The van der Waals surface area contributed by atoms with Crippen LogP contribution in [0.5, 0.6) is 5.75 Å². The molecule has 0 saturated carbocycles. The molecule has 7 nitrogen and oxygen atoms in total. The molecule has 1 aliphatic rings. The molecule has 3 aromatic rings. The monoisotopic (exact) mass is 605 g/mol. The van der Waals surface area contributed by atoms with Gasteiger partial charge in [-0.2, -0.15) is 0 Å². The number of hydrazine groups is 1. The van der Waals surface area contributed by atoms with E-state index in [9.17, 15) is 4.79 Å². The summed E-state index contributed by atoms with van der Waals surface area (Å²) in [6.07, 6.45) is 6.14. The van der Waals surface area contributed by atoms with Crippen molar-refractivity contribution in [3.05, 3.63) is 106 Å². The number of nitrogens with zero attached hydrogens (tertiary/aromatic N) is 1. The molecule has 0 saturated heterocycles. The number of aliphatic hydroxyl groups is 1. The van der Waals surface area contributed by atoms with Gasteiger partial charge in [0.15, 0.2) is 11.6 Å². The Hall–Kier alpha value is -3.46. The minimum atomic E-state index is -1.26. The van der Waals surface area contributed by atoms with E-state index in [4.69, 9.17) is 19.6 Å². The number of carbonyl (C=O) groups is 1. The minimum Gasteiger partial charge on any atom is -0.494 e. The Morgan fingerprint density at radius 3 is 2.55 bits per heavy atom. The third-order valence-electron chi connectivity index (χ3n) is 6.61. The second kappa shape index (κ2) is 14.8. The summed E-state index contributed by atoms with van der Waals surface area (Å²) in [6.45, 7) is 3.27. The fraction of sp³-hybridized carbons (Fsp3) is 0.312. The summed E-state index contributed by atoms with van der Waals surface area (Å²) < 4.78 is 13.1. The smallest absolute Gasteiger partial charge is 0.266 e. The van der Waals surface area contributed by atoms with E-state index < -0.39 is 11.6 Å². The summed E-state index contributed by atoms with van der Waals surface area (Å²) in [4.78, 5) is 19.0. The molecular formula is C32H36BrN3O4. The van der Waals surface area contributed by atoms with E-state index in [1.807, 2.05) is 91.0 Å². The van der Waals surface area contributed by atoms with Crippen molar-refractivity contribution in [3.63, 3.8) is 0 Å². The van der Waals surface area contributed by atoms with E-state index in [-0.39, 0.29) is 12.5 Å². The molecule has 0 aromatic heterocycles. The highest BCUT2D eigenvalue weighted by molar-refractivity contribution is 9.10. The first kappa shape index (κ1) is 29.5. The lowest BCUT2D eigenvalue weighted by molar-refractivity contribution is -0.129. The van der Waals surface area contributed by atoms with Crippen LogP contribution < -0.4 is 15.6 Å². The summed E-state index contributed by atoms with van der Waals surface area (Å²) in [5.41, 5.74) is 7.34. The number of hydrogen-bond donors (Lipinski definition) is 3. The van der Waals surface area contributed by atoms with E-state index in [0.717, 1.165) is 34.0 Å². The van der Waals surface area contributed by atoms with Crippen LogP contribution in [0.4, 0.5) is 0 Å². The van der Waals surface area contributed by atoms with Crippen molar-refractivity contribution in [1.29, 1.82) is 0 Å². The van der Waals surface area contributed by atoms with Crippen molar-refractivity contribution in [2.24, 2.45) is 4.99 Å². The second-order valence-electron chi connectivity index (χ2n) is 9.56. The van der Waals surface area contributed by atoms with E-state index in [2.05, 4.69) is 33.7 Å². The molecular weight excluding hydrogens is 570 g/mol. The summed E-state index contributed by atoms with van der Waals surface area (Å²) in [7, 11) is 0. The summed E-state index contributed by atoms with van der Waals surface area (Å²) >= 11 is 3.67. The zero-order valence-corrected chi connectivity index (χ0v) is 24.3. The first-order chi connectivity index (χ1) is 19.6. The molecule has 4 rings (SSSR count). The molecule has 8 heteroatoms. The van der Waals surface area contributed by atoms with Crippen LogP contribution in [0.25, 0.3) is 6.08 Å². The van der Waals surface area contributed by atoms with Crippen molar-refractivity contribution in [2.75, 3.05) is 19.8 Å². The number of carbonyl (C=O) groups excluding carboxylic acids is 1. The number of rotatable bonds is 14. The number of benzene rings is 3. The molecule has 0 spiro atoms. The van der Waals surface area contributed by atoms with Crippen LogP contribution in [0, 0.1) is 0 Å². The standard InChI is InChI=1S/C32H36BrN3O4/c1-2-3-21-34-36-31(38)32(20-9-13-24-11-5-4-6-12-24)29(27-14-7-8-15-28(27)33)40-30(35-32)25-16-18-26(19-17-25)39-23-10-22-37/h4-9,11-19,29,34,37H,2-3,10,20-23H2,1H3,(H,36,38)/b13-9+/t29-,32-/m0/s1. The zero-order valence-electron chi connectivity index (χ0n) is 22.7. The van der Waals surface area contributed by atoms with Crippen molar-refractivity contribution in [2.45, 2.75) is 44.2 Å². The van der Waals surface area contributed by atoms with Crippen LogP contribution in [0.1, 0.15) is 55.4 Å². The Morgan fingerprint density at radius 1 is 1.07 bits per heavy atom. The van der Waals surface area contributed by atoms with Gasteiger partial charge < -0.3 is 14.6 Å². The lowest BCUT2D eigenvalue weighted by atomic mass is 9.84. The molecule has 0 aliphatic carbocycles. The predicted octanol–water partition coefficient (Wildman–Crippen LogP) is 5.99. The van der Waals surface area contributed by atoms with E-state index >= 15 is 0 Å². The molecule has 2 atom stereocenters. The third kappa shape index (κ3) is 7.38. The maximum atomic E-state index is 14.0. The molecule has 0 bridgehead atoms. The Balaban J connectivity index is 1.71. The molecule has 1 heterocycles. The summed E-state index contributed by atoms with van der Waals surface area (Å²) in [5.74, 6) is 0.814. The van der Waals surface area contributed by atoms with Gasteiger partial charge in [-0.1, -0.05) is 90.0 Å². The molecule has 0 unspecified atom stereocenters. The van der Waals surface area contributed by atoms with Crippen LogP contribution in [0.2, 0.25) is 0 Å². The van der Waals surface area contributed by atoms with Crippen LogP contribution in [-0.2, 0) is 9.53 Å². The number of amides is 1. The lowest BCUT2D eigenvalue weighted by Gasteiger charge is -2.30. The van der Waals surface area contributed by atoms with E-state index in [1.165, 1.54) is 0 Å². The highest BCUT2D eigenvalue weighted by Crippen LogP contribution is 2.44. The number of nitrogens with one attached hydrogen (secondary N) is 2. The maximum Gasteiger partial charge on any atom is 0.266 e. The largest absolute Gasteiger partial charge is 0.494 e. The predicted molar refractivity (Wildman–Crippen MR) is 162 cm³/mol. The van der Waals surface area contributed by atoms with Gasteiger partial charge in [0.25, 0.3) is 5.91 Å². The van der Waals surface area contributed by atoms with Gasteiger partial charge >= 0.3 is 0 Å². The molecule has 0 radical (unpaired) electrons. The van der Waals surface area contributed by atoms with Crippen LogP contribution in [0.3, 0.4) is 0 Å². The molecule has 3 N–H and O–H groups in total. The van der Waals surface area contributed by atoms with Gasteiger partial charge in [0.1, 0.15) is 5.75 Å². The maximum absolute atomic E-state index is 14.0. The highest BCUT2D eigenvalue weighted by atomic mass is 79.9. The van der Waals surface area contributed by atoms with Crippen molar-refractivity contribution < 1.29 is 19.4 Å². The Bertz CT molecular complexity index is 1300. The van der Waals surface area contributed by atoms with Gasteiger partial charge in [-0.25, -0.2) is 10.4 Å². The summed E-state index contributed by atoms with van der Waals surface area (Å²) in [5, 5.41) is 9.01. The Labute approximate surface area is 244 Å². The lowest BCUT2D eigenvalue weighted by Crippen LogP contribution is -2.52. The molecule has 1 amide bonds. The first-order valence-electron chi connectivity index (χ1n) is 13.7. The van der Waals surface area contributed by atoms with E-state index in [0.29, 0.717) is 37.6 Å². The molecule has 40 heavy (non-hydrogen) atoms. The number of unbranched alkanes of at least 4 members (excludes halogenated alkanes) is 1. The van der Waals surface area contributed by atoms with Gasteiger partial charge in [0.05, 0.1) is 6.61 Å². The fourth-order valence-electron chi connectivity index (χ4n) is 4.43. The highest BCUT2D eigenvalue weighted by Gasteiger charge is 2.53. The number of hydrogen-bond acceptors (Lipinski definition) is 6. The van der Waals surface area contributed by atoms with Crippen molar-refractivity contribution in [1.82, 2.24) is 10.9 Å². The Morgan fingerprint density at radius 2 is 1.82 bits per heavy atom. The van der Waals surface area contributed by atoms with Crippen molar-refractivity contribution >= 4 is 33.8 Å². The van der Waals surface area contributed by atoms with Crippen LogP contribution in [0.15, 0.2) is 94.4 Å². The van der Waals surface area contributed by atoms with E-state index in [1.54, 1.807) is 0 Å². The van der Waals surface area contributed by atoms with Gasteiger partial charge in [-0.05, 0) is 42.3 Å². The van der Waals surface area contributed by atoms with Crippen molar-refractivity contribution in [3.8, 4) is 5.75 Å². The quantitative estimate of drug-likeness (QED) is 0.155. The average molecular weight is 607 g/mol. The fourth-order valence-corrected chi connectivity index (χ4v) is 4.93. The van der Waals surface area contributed by atoms with Crippen LogP contribution >= 0.6 is 15.9 Å². The zero-order chi connectivity index (χ0) is 28.2. The SMILES string of the molecule is CCCCNNC(=O)[C@@]1(C/C=C/c2ccccc2)N=C(c2ccc(OCCCO)cc2)O[C@H]1c1ccccc1Br. The molecule has 0 fully saturated rings. The summed E-state index contributed by atoms with van der Waals surface area (Å²) in [6, 6.07) is 25.2. The van der Waals surface area contributed by atoms with Gasteiger partial charge in [0.2, 0.25) is 5.90 Å². The van der Waals surface area contributed by atoms with Gasteiger partial charge in [-0.3, -0.25) is 10.2 Å². The minimum absolute atomic E-state index is 0.0787. The normalized spacial score (nSPS) is 18.4. The Kier molecular flexibility index (Phi) is 10.9. The molecule has 1 aliphatic heterocycles. The number of ether oxygens (including phenoxy) is 2. The number of aliphatic hydroxyl groups excluding tert-OH is 1. The second-order valence-corrected chi connectivity index (χ2v) is 10.4. The van der Waals surface area contributed by atoms with Gasteiger partial charge in [-0.15, -0.1) is 0 Å². The van der Waals surface area contributed by atoms with Gasteiger partial charge in [0, 0.05) is 41.6 Å². The number of aliphatic imine (C=N–C) groups is 1. The molecule has 3 aromatic carbocycles. The molecule has 210 valence electrons.